The first-order valence-corrected chi connectivity index (χ1v) is 11.0. The molecule has 0 bridgehead atoms. The van der Waals surface area contributed by atoms with E-state index in [-0.39, 0.29) is 24.9 Å². The molecule has 0 saturated heterocycles. The van der Waals surface area contributed by atoms with Gasteiger partial charge in [0.2, 0.25) is 5.91 Å². The van der Waals surface area contributed by atoms with Crippen molar-refractivity contribution in [2.45, 2.75) is 13.1 Å². The lowest BCUT2D eigenvalue weighted by Crippen LogP contribution is -2.42. The molecule has 7 heteroatoms. The number of aryl methyl sites for hydroxylation is 1. The number of aromatic nitrogens is 1. The molecule has 34 heavy (non-hydrogen) atoms. The smallest absolute Gasteiger partial charge is 0.258 e. The van der Waals surface area contributed by atoms with Crippen LogP contribution in [0.15, 0.2) is 79.5 Å². The highest BCUT2D eigenvalue weighted by molar-refractivity contribution is 5.99. The predicted octanol–water partition coefficient (Wildman–Crippen LogP) is 3.90. The van der Waals surface area contributed by atoms with Gasteiger partial charge in [-0.2, -0.15) is 0 Å². The maximum atomic E-state index is 13.5. The molecule has 0 N–H and O–H groups in total. The van der Waals surface area contributed by atoms with Crippen molar-refractivity contribution in [3.05, 3.63) is 96.3 Å². The van der Waals surface area contributed by atoms with Crippen LogP contribution in [-0.2, 0) is 24.9 Å². The molecule has 0 fully saturated rings. The Labute approximate surface area is 200 Å². The van der Waals surface area contributed by atoms with E-state index in [0.29, 0.717) is 30.2 Å². The standard InChI is InChI=1S/C27H31N3O4/c1-5-15-29(27(32)24-14-13-23(33-3)17-25(24)34-4)20-26(31)30(18-21-10-7-6-8-11-21)19-22-12-9-16-28(22)2/h5-14,16-17H,1,15,18-20H2,2-4H3. The summed E-state index contributed by atoms with van der Waals surface area (Å²) in [7, 11) is 4.99. The molecule has 178 valence electrons. The summed E-state index contributed by atoms with van der Waals surface area (Å²) in [4.78, 5) is 30.1. The van der Waals surface area contributed by atoms with Crippen LogP contribution >= 0.6 is 0 Å². The minimum atomic E-state index is -0.314. The molecule has 0 atom stereocenters. The average molecular weight is 462 g/mol. The topological polar surface area (TPSA) is 64.0 Å². The van der Waals surface area contributed by atoms with Crippen LogP contribution in [0.5, 0.6) is 11.5 Å². The first kappa shape index (κ1) is 24.6. The highest BCUT2D eigenvalue weighted by atomic mass is 16.5. The second-order valence-electron chi connectivity index (χ2n) is 7.89. The summed E-state index contributed by atoms with van der Waals surface area (Å²) in [6, 6.07) is 18.7. The van der Waals surface area contributed by atoms with E-state index in [1.807, 2.05) is 60.3 Å². The summed E-state index contributed by atoms with van der Waals surface area (Å²) in [6.45, 7) is 4.77. The van der Waals surface area contributed by atoms with Crippen molar-refractivity contribution < 1.29 is 19.1 Å². The molecule has 1 aromatic heterocycles. The van der Waals surface area contributed by atoms with E-state index in [0.717, 1.165) is 11.3 Å². The lowest BCUT2D eigenvalue weighted by atomic mass is 10.1. The number of rotatable bonds is 11. The number of hydrogen-bond acceptors (Lipinski definition) is 4. The van der Waals surface area contributed by atoms with Crippen LogP contribution in [0.2, 0.25) is 0 Å². The summed E-state index contributed by atoms with van der Waals surface area (Å²) in [6.07, 6.45) is 3.56. The van der Waals surface area contributed by atoms with Crippen LogP contribution in [0, 0.1) is 0 Å². The van der Waals surface area contributed by atoms with Crippen molar-refractivity contribution in [1.82, 2.24) is 14.4 Å². The van der Waals surface area contributed by atoms with Gasteiger partial charge in [0, 0.05) is 38.1 Å². The van der Waals surface area contributed by atoms with Gasteiger partial charge in [-0.15, -0.1) is 6.58 Å². The van der Waals surface area contributed by atoms with Gasteiger partial charge >= 0.3 is 0 Å². The minimum absolute atomic E-state index is 0.0860. The van der Waals surface area contributed by atoms with E-state index in [4.69, 9.17) is 9.47 Å². The molecule has 0 aliphatic rings. The van der Waals surface area contributed by atoms with Gasteiger partial charge in [-0.05, 0) is 29.8 Å². The molecular formula is C27H31N3O4. The van der Waals surface area contributed by atoms with E-state index < -0.39 is 0 Å². The number of carbonyl (C=O) groups is 2. The van der Waals surface area contributed by atoms with E-state index in [9.17, 15) is 9.59 Å². The van der Waals surface area contributed by atoms with Crippen LogP contribution in [0.25, 0.3) is 0 Å². The first-order chi connectivity index (χ1) is 16.5. The fraction of sp³-hybridized carbons (Fsp3) is 0.259. The zero-order valence-electron chi connectivity index (χ0n) is 19.9. The van der Waals surface area contributed by atoms with Crippen LogP contribution < -0.4 is 9.47 Å². The zero-order chi connectivity index (χ0) is 24.5. The van der Waals surface area contributed by atoms with Gasteiger partial charge < -0.3 is 23.8 Å². The number of hydrogen-bond donors (Lipinski definition) is 0. The minimum Gasteiger partial charge on any atom is -0.497 e. The van der Waals surface area contributed by atoms with Crippen molar-refractivity contribution in [3.63, 3.8) is 0 Å². The Hall–Kier alpha value is -4.00. The summed E-state index contributed by atoms with van der Waals surface area (Å²) in [5.74, 6) is 0.492. The quantitative estimate of drug-likeness (QED) is 0.406. The molecule has 3 rings (SSSR count). The Morgan fingerprint density at radius 1 is 0.971 bits per heavy atom. The van der Waals surface area contributed by atoms with Crippen molar-refractivity contribution in [2.75, 3.05) is 27.3 Å². The second-order valence-corrected chi connectivity index (χ2v) is 7.89. The summed E-state index contributed by atoms with van der Waals surface area (Å²) in [5.41, 5.74) is 2.38. The van der Waals surface area contributed by atoms with E-state index in [2.05, 4.69) is 6.58 Å². The van der Waals surface area contributed by atoms with Gasteiger partial charge in [-0.3, -0.25) is 9.59 Å². The number of amides is 2. The van der Waals surface area contributed by atoms with Crippen molar-refractivity contribution in [2.24, 2.45) is 7.05 Å². The summed E-state index contributed by atoms with van der Waals surface area (Å²) < 4.78 is 12.6. The Bertz CT molecular complexity index is 1120. The Kier molecular flexibility index (Phi) is 8.51. The molecule has 7 nitrogen and oxygen atoms in total. The molecule has 2 aromatic carbocycles. The molecule has 2 amide bonds. The Balaban J connectivity index is 1.85. The van der Waals surface area contributed by atoms with Gasteiger partial charge in [0.05, 0.1) is 26.3 Å². The number of ether oxygens (including phenoxy) is 2. The second kappa shape index (κ2) is 11.7. The molecule has 0 aliphatic heterocycles. The van der Waals surface area contributed by atoms with E-state index >= 15 is 0 Å². The number of carbonyl (C=O) groups excluding carboxylic acids is 2. The zero-order valence-corrected chi connectivity index (χ0v) is 19.9. The van der Waals surface area contributed by atoms with Crippen LogP contribution in [0.1, 0.15) is 21.6 Å². The largest absolute Gasteiger partial charge is 0.497 e. The highest BCUT2D eigenvalue weighted by Crippen LogP contribution is 2.26. The average Bonchev–Trinajstić information content (AvgIpc) is 3.27. The van der Waals surface area contributed by atoms with Gasteiger partial charge in [-0.25, -0.2) is 0 Å². The predicted molar refractivity (Wildman–Crippen MR) is 132 cm³/mol. The highest BCUT2D eigenvalue weighted by Gasteiger charge is 2.25. The third-order valence-corrected chi connectivity index (χ3v) is 5.58. The van der Waals surface area contributed by atoms with Crippen LogP contribution in [0.4, 0.5) is 0 Å². The van der Waals surface area contributed by atoms with E-state index in [1.165, 1.54) is 12.0 Å². The molecular weight excluding hydrogens is 430 g/mol. The lowest BCUT2D eigenvalue weighted by Gasteiger charge is -2.28. The van der Waals surface area contributed by atoms with Crippen molar-refractivity contribution in [1.29, 1.82) is 0 Å². The lowest BCUT2D eigenvalue weighted by molar-refractivity contribution is -0.133. The fourth-order valence-electron chi connectivity index (χ4n) is 3.68. The van der Waals surface area contributed by atoms with Gasteiger partial charge in [0.1, 0.15) is 18.0 Å². The Morgan fingerprint density at radius 3 is 2.35 bits per heavy atom. The molecule has 0 spiro atoms. The van der Waals surface area contributed by atoms with E-state index in [1.54, 1.807) is 36.3 Å². The maximum absolute atomic E-state index is 13.5. The molecule has 0 saturated carbocycles. The molecule has 0 unspecified atom stereocenters. The number of benzene rings is 2. The van der Waals surface area contributed by atoms with Gasteiger partial charge in [0.15, 0.2) is 0 Å². The Morgan fingerprint density at radius 2 is 1.74 bits per heavy atom. The third kappa shape index (κ3) is 6.07. The molecule has 3 aromatic rings. The van der Waals surface area contributed by atoms with Crippen molar-refractivity contribution in [3.8, 4) is 11.5 Å². The van der Waals surface area contributed by atoms with Gasteiger partial charge in [0.25, 0.3) is 5.91 Å². The fourth-order valence-corrected chi connectivity index (χ4v) is 3.68. The summed E-state index contributed by atoms with van der Waals surface area (Å²) in [5, 5.41) is 0. The first-order valence-electron chi connectivity index (χ1n) is 11.0. The summed E-state index contributed by atoms with van der Waals surface area (Å²) >= 11 is 0. The van der Waals surface area contributed by atoms with Gasteiger partial charge in [-0.1, -0.05) is 36.4 Å². The number of methoxy groups -OCH3 is 2. The van der Waals surface area contributed by atoms with Crippen LogP contribution in [-0.4, -0.2) is 53.5 Å². The molecule has 1 heterocycles. The SMILES string of the molecule is C=CCN(CC(=O)N(Cc1ccccc1)Cc1cccn1C)C(=O)c1ccc(OC)cc1OC. The van der Waals surface area contributed by atoms with Crippen molar-refractivity contribution >= 4 is 11.8 Å². The monoisotopic (exact) mass is 461 g/mol. The third-order valence-electron chi connectivity index (χ3n) is 5.58. The maximum Gasteiger partial charge on any atom is 0.258 e. The number of nitrogens with zero attached hydrogens (tertiary/aromatic N) is 3. The van der Waals surface area contributed by atoms with Crippen LogP contribution in [0.3, 0.4) is 0 Å². The molecule has 0 aliphatic carbocycles. The molecule has 0 radical (unpaired) electrons. The normalized spacial score (nSPS) is 10.4.